The molecule has 0 unspecified atom stereocenters. The molecule has 3 heterocycles. The fraction of sp³-hybridized carbons (Fsp3) is 0.312. The van der Waals surface area contributed by atoms with E-state index in [0.29, 0.717) is 23.1 Å². The number of piperidine rings is 1. The molecule has 1 saturated heterocycles. The van der Waals surface area contributed by atoms with Crippen LogP contribution in [0.2, 0.25) is 0 Å². The second-order valence-corrected chi connectivity index (χ2v) is 8.86. The molecule has 0 amide bonds. The van der Waals surface area contributed by atoms with Crippen LogP contribution in [0.5, 0.6) is 0 Å². The smallest absolute Gasteiger partial charge is 0.266 e. The standard InChI is InChI=1S/C16H15FN4O3S2/c17-12-3-1-2-4-14(12)26(23,24)20-8-5-11(6-9-20)21-16(22)15-13(18-19-21)7-10-25-15/h1-4,7,10-11H,5-6,8-9H2. The Kier molecular flexibility index (Phi) is 4.33. The van der Waals surface area contributed by atoms with Crippen LogP contribution in [0.4, 0.5) is 4.39 Å². The van der Waals surface area contributed by atoms with Crippen LogP contribution in [0.3, 0.4) is 0 Å². The summed E-state index contributed by atoms with van der Waals surface area (Å²) in [7, 11) is -3.90. The lowest BCUT2D eigenvalue weighted by Gasteiger charge is -2.31. The van der Waals surface area contributed by atoms with Crippen molar-refractivity contribution in [2.45, 2.75) is 23.8 Å². The van der Waals surface area contributed by atoms with E-state index in [2.05, 4.69) is 10.3 Å². The summed E-state index contributed by atoms with van der Waals surface area (Å²) in [6.07, 6.45) is 0.832. The summed E-state index contributed by atoms with van der Waals surface area (Å²) in [6.45, 7) is 0.385. The fourth-order valence-corrected chi connectivity index (χ4v) is 5.43. The van der Waals surface area contributed by atoms with Gasteiger partial charge in [0.2, 0.25) is 10.0 Å². The molecule has 1 aromatic carbocycles. The normalized spacial score (nSPS) is 17.0. The van der Waals surface area contributed by atoms with E-state index in [0.717, 1.165) is 6.07 Å². The zero-order chi connectivity index (χ0) is 18.3. The summed E-state index contributed by atoms with van der Waals surface area (Å²) in [5.41, 5.74) is 0.358. The van der Waals surface area contributed by atoms with Crippen LogP contribution in [0.15, 0.2) is 45.4 Å². The van der Waals surface area contributed by atoms with Crippen LogP contribution >= 0.6 is 11.3 Å². The summed E-state index contributed by atoms with van der Waals surface area (Å²) in [5.74, 6) is -0.764. The minimum absolute atomic E-state index is 0.192. The molecule has 3 aromatic rings. The van der Waals surface area contributed by atoms with Gasteiger partial charge in [0.1, 0.15) is 20.9 Å². The van der Waals surface area contributed by atoms with Gasteiger partial charge in [0.05, 0.1) is 6.04 Å². The molecule has 0 N–H and O–H groups in total. The van der Waals surface area contributed by atoms with Crippen molar-refractivity contribution >= 4 is 31.6 Å². The van der Waals surface area contributed by atoms with Crippen molar-refractivity contribution in [3.8, 4) is 0 Å². The summed E-state index contributed by atoms with van der Waals surface area (Å²) >= 11 is 1.31. The number of halogens is 1. The number of rotatable bonds is 3. The summed E-state index contributed by atoms with van der Waals surface area (Å²) < 4.78 is 42.3. The SMILES string of the molecule is O=c1c2sccc2nnn1C1CCN(S(=O)(=O)c2ccccc2F)CC1. The van der Waals surface area contributed by atoms with E-state index in [9.17, 15) is 17.6 Å². The van der Waals surface area contributed by atoms with Gasteiger partial charge in [-0.15, -0.1) is 16.4 Å². The van der Waals surface area contributed by atoms with Crippen LogP contribution in [0.25, 0.3) is 10.2 Å². The monoisotopic (exact) mass is 394 g/mol. The zero-order valence-electron chi connectivity index (χ0n) is 13.6. The van der Waals surface area contributed by atoms with E-state index in [4.69, 9.17) is 0 Å². The molecule has 0 spiro atoms. The largest absolute Gasteiger partial charge is 0.287 e. The summed E-state index contributed by atoms with van der Waals surface area (Å²) in [4.78, 5) is 12.2. The minimum atomic E-state index is -3.90. The van der Waals surface area contributed by atoms with Crippen molar-refractivity contribution < 1.29 is 12.8 Å². The quantitative estimate of drug-likeness (QED) is 0.678. The van der Waals surface area contributed by atoms with Crippen LogP contribution in [0, 0.1) is 5.82 Å². The Morgan fingerprint density at radius 2 is 1.88 bits per heavy atom. The van der Waals surface area contributed by atoms with Crippen molar-refractivity contribution in [1.29, 1.82) is 0 Å². The van der Waals surface area contributed by atoms with Gasteiger partial charge in [-0.25, -0.2) is 17.5 Å². The minimum Gasteiger partial charge on any atom is -0.266 e. The molecule has 10 heteroatoms. The van der Waals surface area contributed by atoms with E-state index < -0.39 is 15.8 Å². The number of benzene rings is 1. The number of hydrogen-bond acceptors (Lipinski definition) is 6. The maximum Gasteiger partial charge on any atom is 0.287 e. The van der Waals surface area contributed by atoms with Gasteiger partial charge >= 0.3 is 0 Å². The second-order valence-electron chi connectivity index (χ2n) is 6.04. The molecule has 136 valence electrons. The summed E-state index contributed by atoms with van der Waals surface area (Å²) in [6, 6.07) is 6.85. The number of hydrogen-bond donors (Lipinski definition) is 0. The van der Waals surface area contributed by atoms with E-state index in [1.165, 1.54) is 38.5 Å². The maximum atomic E-state index is 13.9. The highest BCUT2D eigenvalue weighted by Crippen LogP contribution is 2.27. The van der Waals surface area contributed by atoms with Gasteiger partial charge in [0, 0.05) is 13.1 Å². The van der Waals surface area contributed by atoms with E-state index >= 15 is 0 Å². The Bertz CT molecular complexity index is 1120. The predicted molar refractivity (Wildman–Crippen MR) is 95.1 cm³/mol. The molecule has 2 aromatic heterocycles. The molecule has 0 radical (unpaired) electrons. The number of aromatic nitrogens is 3. The molecule has 1 aliphatic heterocycles. The van der Waals surface area contributed by atoms with Gasteiger partial charge in [0.15, 0.2) is 0 Å². The summed E-state index contributed by atoms with van der Waals surface area (Å²) in [5, 5.41) is 9.83. The van der Waals surface area contributed by atoms with Crippen molar-refractivity contribution in [2.75, 3.05) is 13.1 Å². The number of sulfonamides is 1. The highest BCUT2D eigenvalue weighted by atomic mass is 32.2. The average molecular weight is 394 g/mol. The van der Waals surface area contributed by atoms with E-state index in [1.54, 1.807) is 11.4 Å². The first-order valence-electron chi connectivity index (χ1n) is 8.06. The van der Waals surface area contributed by atoms with Crippen LogP contribution in [-0.2, 0) is 10.0 Å². The second kappa shape index (κ2) is 6.53. The van der Waals surface area contributed by atoms with Crippen LogP contribution in [0.1, 0.15) is 18.9 Å². The number of nitrogens with zero attached hydrogens (tertiary/aromatic N) is 4. The third kappa shape index (κ3) is 2.83. The lowest BCUT2D eigenvalue weighted by Crippen LogP contribution is -2.41. The molecule has 0 saturated carbocycles. The van der Waals surface area contributed by atoms with Gasteiger partial charge in [-0.05, 0) is 36.4 Å². The van der Waals surface area contributed by atoms with Crippen molar-refractivity contribution in [3.63, 3.8) is 0 Å². The third-order valence-corrected chi connectivity index (χ3v) is 7.34. The molecule has 1 aliphatic rings. The lowest BCUT2D eigenvalue weighted by atomic mass is 10.1. The predicted octanol–water partition coefficient (Wildman–Crippen LogP) is 2.02. The average Bonchev–Trinajstić information content (AvgIpc) is 3.12. The Balaban J connectivity index is 1.56. The van der Waals surface area contributed by atoms with E-state index in [1.807, 2.05) is 0 Å². The Morgan fingerprint density at radius 1 is 1.15 bits per heavy atom. The molecule has 1 fully saturated rings. The van der Waals surface area contributed by atoms with Crippen molar-refractivity contribution in [1.82, 2.24) is 19.3 Å². The highest BCUT2D eigenvalue weighted by Gasteiger charge is 2.32. The van der Waals surface area contributed by atoms with Crippen molar-refractivity contribution in [2.24, 2.45) is 0 Å². The van der Waals surface area contributed by atoms with Crippen LogP contribution < -0.4 is 5.56 Å². The third-order valence-electron chi connectivity index (χ3n) is 4.52. The zero-order valence-corrected chi connectivity index (χ0v) is 15.2. The van der Waals surface area contributed by atoms with Gasteiger partial charge in [0.25, 0.3) is 5.56 Å². The van der Waals surface area contributed by atoms with Crippen LogP contribution in [-0.4, -0.2) is 40.8 Å². The molecule has 4 rings (SSSR count). The van der Waals surface area contributed by atoms with E-state index in [-0.39, 0.29) is 29.6 Å². The molecule has 7 nitrogen and oxygen atoms in total. The Labute approximate surface area is 152 Å². The first kappa shape index (κ1) is 17.3. The van der Waals surface area contributed by atoms with Crippen molar-refractivity contribution in [3.05, 3.63) is 51.9 Å². The van der Waals surface area contributed by atoms with Gasteiger partial charge < -0.3 is 0 Å². The maximum absolute atomic E-state index is 13.9. The molecule has 0 aliphatic carbocycles. The fourth-order valence-electron chi connectivity index (χ4n) is 3.14. The highest BCUT2D eigenvalue weighted by molar-refractivity contribution is 7.89. The lowest BCUT2D eigenvalue weighted by molar-refractivity contribution is 0.251. The topological polar surface area (TPSA) is 85.2 Å². The Hall–Kier alpha value is -2.17. The first-order chi connectivity index (χ1) is 12.5. The molecule has 0 bridgehead atoms. The van der Waals surface area contributed by atoms with Gasteiger partial charge in [-0.1, -0.05) is 17.3 Å². The number of fused-ring (bicyclic) bond motifs is 1. The molecular formula is C16H15FN4O3S2. The Morgan fingerprint density at radius 3 is 2.62 bits per heavy atom. The molecular weight excluding hydrogens is 379 g/mol. The van der Waals surface area contributed by atoms with Gasteiger partial charge in [-0.3, -0.25) is 4.79 Å². The number of thiophene rings is 1. The van der Waals surface area contributed by atoms with Gasteiger partial charge in [-0.2, -0.15) is 4.31 Å². The first-order valence-corrected chi connectivity index (χ1v) is 10.4. The molecule has 0 atom stereocenters. The molecule has 26 heavy (non-hydrogen) atoms.